The topological polar surface area (TPSA) is 66.9 Å². The molecule has 2 atom stereocenters. The molecule has 0 aliphatic rings. The molecule has 2 N–H and O–H groups in total. The van der Waals surface area contributed by atoms with Crippen molar-refractivity contribution in [2.24, 2.45) is 0 Å². The third-order valence-corrected chi connectivity index (χ3v) is 7.59. The maximum Gasteiger partial charge on any atom is 0.182 e. The highest BCUT2D eigenvalue weighted by Gasteiger charge is 2.33. The molecule has 0 bridgehead atoms. The van der Waals surface area contributed by atoms with Gasteiger partial charge < -0.3 is 10.6 Å². The molecular formula is C15H20Br2N4OS2. The van der Waals surface area contributed by atoms with Gasteiger partial charge in [-0.15, -0.1) is 22.7 Å². The molecule has 2 aromatic rings. The number of Topliss-reactive ketones (excluding diaryl/α,β-unsaturated/α-hetero) is 1. The predicted octanol–water partition coefficient (Wildman–Crippen LogP) is 4.53. The van der Waals surface area contributed by atoms with Gasteiger partial charge in [-0.25, -0.2) is 9.97 Å². The fourth-order valence-corrected chi connectivity index (χ4v) is 6.24. The highest BCUT2D eigenvalue weighted by atomic mass is 79.9. The van der Waals surface area contributed by atoms with Crippen molar-refractivity contribution < 1.29 is 4.79 Å². The van der Waals surface area contributed by atoms with Gasteiger partial charge in [-0.3, -0.25) is 4.79 Å². The molecule has 9 heteroatoms. The van der Waals surface area contributed by atoms with Crippen LogP contribution in [0.5, 0.6) is 0 Å². The van der Waals surface area contributed by atoms with Crippen LogP contribution in [0.25, 0.3) is 0 Å². The number of nitrogens with zero attached hydrogens (tertiary/aromatic N) is 2. The van der Waals surface area contributed by atoms with E-state index in [0.717, 1.165) is 31.4 Å². The van der Waals surface area contributed by atoms with Crippen molar-refractivity contribution in [3.63, 3.8) is 0 Å². The second-order valence-electron chi connectivity index (χ2n) is 5.25. The van der Waals surface area contributed by atoms with E-state index in [4.69, 9.17) is 0 Å². The third-order valence-electron chi connectivity index (χ3n) is 3.72. The van der Waals surface area contributed by atoms with E-state index in [-0.39, 0.29) is 17.6 Å². The van der Waals surface area contributed by atoms with Crippen LogP contribution in [0, 0.1) is 13.8 Å². The predicted molar refractivity (Wildman–Crippen MR) is 111 cm³/mol. The van der Waals surface area contributed by atoms with Crippen LogP contribution in [-0.4, -0.2) is 40.5 Å². The first-order chi connectivity index (χ1) is 11.5. The Balaban J connectivity index is 2.37. The van der Waals surface area contributed by atoms with Gasteiger partial charge in [0.1, 0.15) is 0 Å². The van der Waals surface area contributed by atoms with E-state index in [1.807, 2.05) is 27.9 Å². The summed E-state index contributed by atoms with van der Waals surface area (Å²) in [4.78, 5) is 24.2. The average molecular weight is 496 g/mol. The van der Waals surface area contributed by atoms with E-state index in [0.29, 0.717) is 10.7 Å². The molecule has 0 saturated heterocycles. The molecule has 2 unspecified atom stereocenters. The van der Waals surface area contributed by atoms with Gasteiger partial charge in [0.05, 0.1) is 23.2 Å². The molecule has 0 saturated carbocycles. The van der Waals surface area contributed by atoms with Gasteiger partial charge in [-0.2, -0.15) is 0 Å². The van der Waals surface area contributed by atoms with Crippen molar-refractivity contribution in [2.75, 3.05) is 35.4 Å². The molecule has 0 aliphatic heterocycles. The number of halogens is 2. The number of carbonyl (C=O) groups excluding carboxylic acids is 1. The highest BCUT2D eigenvalue weighted by molar-refractivity contribution is 9.09. The van der Waals surface area contributed by atoms with Crippen LogP contribution < -0.4 is 10.6 Å². The standard InChI is InChI=1S/C15H20Br2N4OS2/c1-7-12(23-14(18-3)20-7)9(5-16)11(22)10(6-17)13-8(2)21-15(19-4)24-13/h9-10H,5-6H2,1-4H3,(H,18,20)(H,19,21). The Hall–Kier alpha value is -0.510. The maximum atomic E-state index is 13.3. The molecule has 2 heterocycles. The fourth-order valence-electron chi connectivity index (χ4n) is 2.47. The number of carbonyl (C=O) groups is 1. The summed E-state index contributed by atoms with van der Waals surface area (Å²) in [6.07, 6.45) is 0. The number of rotatable bonds is 8. The monoisotopic (exact) mass is 494 g/mol. The minimum absolute atomic E-state index is 0.188. The number of hydrogen-bond acceptors (Lipinski definition) is 7. The summed E-state index contributed by atoms with van der Waals surface area (Å²) in [6.45, 7) is 3.91. The summed E-state index contributed by atoms with van der Waals surface area (Å²) in [5.41, 5.74) is 1.82. The van der Waals surface area contributed by atoms with Crippen LogP contribution in [0.2, 0.25) is 0 Å². The number of ketones is 1. The number of alkyl halides is 2. The van der Waals surface area contributed by atoms with Crippen molar-refractivity contribution in [1.82, 2.24) is 9.97 Å². The van der Waals surface area contributed by atoms with Crippen molar-refractivity contribution in [3.8, 4) is 0 Å². The molecular weight excluding hydrogens is 476 g/mol. The van der Waals surface area contributed by atoms with Crippen molar-refractivity contribution >= 4 is 70.6 Å². The smallest absolute Gasteiger partial charge is 0.182 e. The molecule has 0 spiro atoms. The minimum atomic E-state index is -0.216. The van der Waals surface area contributed by atoms with Crippen LogP contribution in [-0.2, 0) is 4.79 Å². The molecule has 2 rings (SSSR count). The number of aryl methyl sites for hydroxylation is 2. The largest absolute Gasteiger partial charge is 0.365 e. The molecule has 0 radical (unpaired) electrons. The van der Waals surface area contributed by atoms with E-state index in [1.54, 1.807) is 22.7 Å². The van der Waals surface area contributed by atoms with Gasteiger partial charge in [0, 0.05) is 34.5 Å². The lowest BCUT2D eigenvalue weighted by atomic mass is 9.92. The Morgan fingerprint density at radius 2 is 1.33 bits per heavy atom. The van der Waals surface area contributed by atoms with Gasteiger partial charge >= 0.3 is 0 Å². The van der Waals surface area contributed by atoms with Gasteiger partial charge in [-0.1, -0.05) is 31.9 Å². The Bertz CT molecular complexity index is 658. The lowest BCUT2D eigenvalue weighted by Crippen LogP contribution is -2.23. The summed E-state index contributed by atoms with van der Waals surface area (Å²) >= 11 is 10.1. The first-order valence-corrected chi connectivity index (χ1v) is 11.3. The molecule has 0 amide bonds. The number of nitrogens with one attached hydrogen (secondary N) is 2. The summed E-state index contributed by atoms with van der Waals surface area (Å²) in [5, 5.41) is 8.95. The molecule has 0 aromatic carbocycles. The number of aromatic nitrogens is 2. The Labute approximate surface area is 166 Å². The van der Waals surface area contributed by atoms with Crippen LogP contribution in [0.15, 0.2) is 0 Å². The summed E-state index contributed by atoms with van der Waals surface area (Å²) < 4.78 is 0. The highest BCUT2D eigenvalue weighted by Crippen LogP contribution is 2.38. The summed E-state index contributed by atoms with van der Waals surface area (Å²) in [6, 6.07) is 0. The summed E-state index contributed by atoms with van der Waals surface area (Å²) in [7, 11) is 3.68. The van der Waals surface area contributed by atoms with Crippen LogP contribution in [0.1, 0.15) is 33.0 Å². The quantitative estimate of drug-likeness (QED) is 0.526. The second-order valence-corrected chi connectivity index (χ2v) is 8.61. The van der Waals surface area contributed by atoms with Gasteiger partial charge in [0.25, 0.3) is 0 Å². The third kappa shape index (κ3) is 4.00. The molecule has 5 nitrogen and oxygen atoms in total. The Kier molecular flexibility index (Phi) is 7.21. The molecule has 2 aromatic heterocycles. The zero-order valence-corrected chi connectivity index (χ0v) is 18.7. The van der Waals surface area contributed by atoms with Gasteiger partial charge in [0.15, 0.2) is 16.0 Å². The Morgan fingerprint density at radius 3 is 1.58 bits per heavy atom. The zero-order chi connectivity index (χ0) is 17.9. The molecule has 132 valence electrons. The second kappa shape index (κ2) is 8.73. The number of anilines is 2. The van der Waals surface area contributed by atoms with Crippen molar-refractivity contribution in [1.29, 1.82) is 0 Å². The zero-order valence-electron chi connectivity index (χ0n) is 13.9. The normalized spacial score (nSPS) is 13.6. The van der Waals surface area contributed by atoms with Crippen LogP contribution >= 0.6 is 54.5 Å². The van der Waals surface area contributed by atoms with E-state index in [2.05, 4.69) is 52.5 Å². The SMILES string of the molecule is CNc1nc(C)c(C(CBr)C(=O)C(CBr)c2sc(NC)nc2C)s1. The first-order valence-electron chi connectivity index (χ1n) is 7.42. The Morgan fingerprint density at radius 1 is 0.958 bits per heavy atom. The average Bonchev–Trinajstić information content (AvgIpc) is 3.12. The van der Waals surface area contributed by atoms with Crippen LogP contribution in [0.3, 0.4) is 0 Å². The van der Waals surface area contributed by atoms with Crippen LogP contribution in [0.4, 0.5) is 10.3 Å². The van der Waals surface area contributed by atoms with Crippen molar-refractivity contribution in [2.45, 2.75) is 25.7 Å². The van der Waals surface area contributed by atoms with Gasteiger partial charge in [0.2, 0.25) is 0 Å². The first kappa shape index (κ1) is 19.8. The summed E-state index contributed by atoms with van der Waals surface area (Å²) in [5.74, 6) is -0.245. The molecule has 0 aliphatic carbocycles. The van der Waals surface area contributed by atoms with E-state index >= 15 is 0 Å². The van der Waals surface area contributed by atoms with Gasteiger partial charge in [-0.05, 0) is 13.8 Å². The number of hydrogen-bond donors (Lipinski definition) is 2. The lowest BCUT2D eigenvalue weighted by Gasteiger charge is -2.18. The number of thiazole rings is 2. The van der Waals surface area contributed by atoms with E-state index < -0.39 is 0 Å². The van der Waals surface area contributed by atoms with E-state index in [1.165, 1.54) is 0 Å². The fraction of sp³-hybridized carbons (Fsp3) is 0.533. The lowest BCUT2D eigenvalue weighted by molar-refractivity contribution is -0.120. The van der Waals surface area contributed by atoms with E-state index in [9.17, 15) is 4.79 Å². The maximum absolute atomic E-state index is 13.3. The minimum Gasteiger partial charge on any atom is -0.365 e. The molecule has 24 heavy (non-hydrogen) atoms. The molecule has 0 fully saturated rings. The van der Waals surface area contributed by atoms with Crippen molar-refractivity contribution in [3.05, 3.63) is 21.1 Å².